The highest BCUT2D eigenvalue weighted by molar-refractivity contribution is 7.89. The summed E-state index contributed by atoms with van der Waals surface area (Å²) < 4.78 is 28.4. The molecule has 2 rings (SSSR count). The molecule has 6 nitrogen and oxygen atoms in total. The van der Waals surface area contributed by atoms with Gasteiger partial charge < -0.3 is 9.88 Å². The average Bonchev–Trinajstić information content (AvgIpc) is 2.83. The largest absolute Gasteiger partial charge is 0.354 e. The van der Waals surface area contributed by atoms with Crippen LogP contribution in [0.15, 0.2) is 28.3 Å². The Bertz CT molecular complexity index is 701. The van der Waals surface area contributed by atoms with Crippen molar-refractivity contribution in [2.24, 2.45) is 7.05 Å². The minimum atomic E-state index is -3.56. The van der Waals surface area contributed by atoms with E-state index < -0.39 is 10.0 Å². The van der Waals surface area contributed by atoms with E-state index in [2.05, 4.69) is 5.32 Å². The average molecular weight is 311 g/mol. The predicted molar refractivity (Wildman–Crippen MR) is 80.6 cm³/mol. The smallest absolute Gasteiger partial charge is 0.267 e. The fraction of sp³-hybridized carbons (Fsp3) is 0.500. The molecule has 0 aliphatic carbocycles. The number of amides is 1. The van der Waals surface area contributed by atoms with Gasteiger partial charge in [-0.05, 0) is 26.3 Å². The van der Waals surface area contributed by atoms with E-state index in [4.69, 9.17) is 0 Å². The van der Waals surface area contributed by atoms with Gasteiger partial charge in [-0.15, -0.1) is 0 Å². The maximum Gasteiger partial charge on any atom is 0.267 e. The molecule has 0 saturated heterocycles. The SMILES string of the molecule is CNC(=O)c1cc(S(=O)(=O)N2CCC(C)=C(C)C2)cn1C. The van der Waals surface area contributed by atoms with Crippen molar-refractivity contribution in [1.29, 1.82) is 0 Å². The zero-order valence-corrected chi connectivity index (χ0v) is 13.6. The molecule has 0 spiro atoms. The highest BCUT2D eigenvalue weighted by atomic mass is 32.2. The quantitative estimate of drug-likeness (QED) is 0.850. The van der Waals surface area contributed by atoms with Gasteiger partial charge in [-0.2, -0.15) is 4.31 Å². The van der Waals surface area contributed by atoms with Crippen LogP contribution >= 0.6 is 0 Å². The third kappa shape index (κ3) is 2.89. The fourth-order valence-electron chi connectivity index (χ4n) is 2.37. The zero-order chi connectivity index (χ0) is 15.8. The monoisotopic (exact) mass is 311 g/mol. The van der Waals surface area contributed by atoms with Crippen LogP contribution in [-0.4, -0.2) is 43.3 Å². The summed E-state index contributed by atoms with van der Waals surface area (Å²) in [5.41, 5.74) is 2.67. The lowest BCUT2D eigenvalue weighted by atomic mass is 10.1. The lowest BCUT2D eigenvalue weighted by Crippen LogP contribution is -2.36. The summed E-state index contributed by atoms with van der Waals surface area (Å²) in [4.78, 5) is 11.9. The number of carbonyl (C=O) groups excluding carboxylic acids is 1. The highest BCUT2D eigenvalue weighted by Gasteiger charge is 2.29. The van der Waals surface area contributed by atoms with Crippen molar-refractivity contribution in [3.63, 3.8) is 0 Å². The predicted octanol–water partition coefficient (Wildman–Crippen LogP) is 1.12. The van der Waals surface area contributed by atoms with Crippen LogP contribution < -0.4 is 5.32 Å². The molecule has 0 saturated carbocycles. The van der Waals surface area contributed by atoms with Gasteiger partial charge in [0.25, 0.3) is 5.91 Å². The summed E-state index contributed by atoms with van der Waals surface area (Å²) in [6, 6.07) is 1.43. The van der Waals surface area contributed by atoms with E-state index in [1.54, 1.807) is 7.05 Å². The molecule has 7 heteroatoms. The Morgan fingerprint density at radius 1 is 1.29 bits per heavy atom. The molecule has 1 aromatic rings. The van der Waals surface area contributed by atoms with E-state index in [1.807, 2.05) is 13.8 Å². The van der Waals surface area contributed by atoms with Crippen LogP contribution in [0, 0.1) is 0 Å². The summed E-state index contributed by atoms with van der Waals surface area (Å²) >= 11 is 0. The summed E-state index contributed by atoms with van der Waals surface area (Å²) in [5.74, 6) is -0.301. The molecule has 0 fully saturated rings. The number of rotatable bonds is 3. The van der Waals surface area contributed by atoms with E-state index in [-0.39, 0.29) is 10.8 Å². The number of hydrogen-bond acceptors (Lipinski definition) is 3. The minimum Gasteiger partial charge on any atom is -0.354 e. The number of nitrogens with one attached hydrogen (secondary N) is 1. The lowest BCUT2D eigenvalue weighted by molar-refractivity contribution is 0.0955. The van der Waals surface area contributed by atoms with Crippen molar-refractivity contribution >= 4 is 15.9 Å². The van der Waals surface area contributed by atoms with Gasteiger partial charge in [0.1, 0.15) is 10.6 Å². The van der Waals surface area contributed by atoms with E-state index in [1.165, 1.54) is 33.8 Å². The van der Waals surface area contributed by atoms with Crippen molar-refractivity contribution in [2.45, 2.75) is 25.2 Å². The van der Waals surface area contributed by atoms with Crippen molar-refractivity contribution in [2.75, 3.05) is 20.1 Å². The summed E-state index contributed by atoms with van der Waals surface area (Å²) in [5, 5.41) is 2.50. The second kappa shape index (κ2) is 5.65. The highest BCUT2D eigenvalue weighted by Crippen LogP contribution is 2.24. The molecule has 0 unspecified atom stereocenters. The second-order valence-electron chi connectivity index (χ2n) is 5.40. The Kier molecular flexibility index (Phi) is 4.25. The molecular weight excluding hydrogens is 290 g/mol. The molecule has 0 atom stereocenters. The normalized spacial score (nSPS) is 17.1. The first-order valence-electron chi connectivity index (χ1n) is 6.81. The number of hydrogen-bond donors (Lipinski definition) is 1. The van der Waals surface area contributed by atoms with Gasteiger partial charge in [0.05, 0.1) is 0 Å². The topological polar surface area (TPSA) is 71.4 Å². The number of carbonyl (C=O) groups is 1. The third-order valence-electron chi connectivity index (χ3n) is 3.96. The maximum absolute atomic E-state index is 12.7. The Labute approximate surface area is 125 Å². The molecule has 0 aromatic carbocycles. The van der Waals surface area contributed by atoms with E-state index in [9.17, 15) is 13.2 Å². The third-order valence-corrected chi connectivity index (χ3v) is 5.77. The summed E-state index contributed by atoms with van der Waals surface area (Å²) in [6.45, 7) is 4.89. The molecule has 1 amide bonds. The first-order chi connectivity index (χ1) is 9.77. The van der Waals surface area contributed by atoms with Crippen LogP contribution in [0.3, 0.4) is 0 Å². The standard InChI is InChI=1S/C14H21N3O3S/c1-10-5-6-17(8-11(10)2)21(19,20)12-7-13(14(18)15-3)16(4)9-12/h7,9H,5-6,8H2,1-4H3,(H,15,18). The van der Waals surface area contributed by atoms with Gasteiger partial charge in [-0.1, -0.05) is 11.1 Å². The molecule has 2 heterocycles. The second-order valence-corrected chi connectivity index (χ2v) is 7.34. The molecular formula is C14H21N3O3S. The molecule has 116 valence electrons. The Morgan fingerprint density at radius 3 is 2.52 bits per heavy atom. The molecule has 0 bridgehead atoms. The Morgan fingerprint density at radius 2 is 1.95 bits per heavy atom. The zero-order valence-electron chi connectivity index (χ0n) is 12.8. The number of aryl methyl sites for hydroxylation is 1. The number of sulfonamides is 1. The first-order valence-corrected chi connectivity index (χ1v) is 8.25. The van der Waals surface area contributed by atoms with Gasteiger partial charge in [0.15, 0.2) is 0 Å². The molecule has 0 radical (unpaired) electrons. The van der Waals surface area contributed by atoms with E-state index in [0.717, 1.165) is 12.0 Å². The van der Waals surface area contributed by atoms with Crippen molar-refractivity contribution < 1.29 is 13.2 Å². The van der Waals surface area contributed by atoms with Gasteiger partial charge in [-0.3, -0.25) is 4.79 Å². The van der Waals surface area contributed by atoms with Crippen LogP contribution in [0.5, 0.6) is 0 Å². The van der Waals surface area contributed by atoms with Crippen molar-refractivity contribution in [1.82, 2.24) is 14.2 Å². The van der Waals surface area contributed by atoms with Gasteiger partial charge in [-0.25, -0.2) is 8.42 Å². The van der Waals surface area contributed by atoms with E-state index >= 15 is 0 Å². The van der Waals surface area contributed by atoms with Crippen LogP contribution in [0.1, 0.15) is 30.8 Å². The van der Waals surface area contributed by atoms with Crippen LogP contribution in [-0.2, 0) is 17.1 Å². The molecule has 1 aliphatic heterocycles. The van der Waals surface area contributed by atoms with Crippen molar-refractivity contribution in [3.8, 4) is 0 Å². The van der Waals surface area contributed by atoms with Crippen LogP contribution in [0.4, 0.5) is 0 Å². The van der Waals surface area contributed by atoms with Gasteiger partial charge in [0, 0.05) is 33.4 Å². The van der Waals surface area contributed by atoms with Gasteiger partial charge >= 0.3 is 0 Å². The number of nitrogens with zero attached hydrogens (tertiary/aromatic N) is 2. The Hall–Kier alpha value is -1.60. The van der Waals surface area contributed by atoms with E-state index in [0.29, 0.717) is 18.8 Å². The van der Waals surface area contributed by atoms with Crippen LogP contribution in [0.2, 0.25) is 0 Å². The van der Waals surface area contributed by atoms with Crippen LogP contribution in [0.25, 0.3) is 0 Å². The minimum absolute atomic E-state index is 0.163. The first kappa shape index (κ1) is 15.8. The molecule has 1 aromatic heterocycles. The summed E-state index contributed by atoms with van der Waals surface area (Å²) in [7, 11) is -0.383. The fourth-order valence-corrected chi connectivity index (χ4v) is 3.91. The summed E-state index contributed by atoms with van der Waals surface area (Å²) in [6.07, 6.45) is 2.24. The maximum atomic E-state index is 12.7. The molecule has 1 aliphatic rings. The lowest BCUT2D eigenvalue weighted by Gasteiger charge is -2.27. The number of aromatic nitrogens is 1. The van der Waals surface area contributed by atoms with Crippen molar-refractivity contribution in [3.05, 3.63) is 29.1 Å². The molecule has 21 heavy (non-hydrogen) atoms. The molecule has 1 N–H and O–H groups in total. The Balaban J connectivity index is 2.35. The van der Waals surface area contributed by atoms with Gasteiger partial charge in [0.2, 0.25) is 10.0 Å².